The molecule has 0 fully saturated rings. The summed E-state index contributed by atoms with van der Waals surface area (Å²) >= 11 is 3.31. The number of rotatable bonds is 10. The molecule has 2 aromatic heterocycles. The lowest BCUT2D eigenvalue weighted by Gasteiger charge is -2.05. The first-order chi connectivity index (χ1) is 14.1. The van der Waals surface area contributed by atoms with Crippen LogP contribution in [0.1, 0.15) is 39.8 Å². The molecule has 0 aliphatic heterocycles. The third-order valence-corrected chi connectivity index (χ3v) is 5.97. The lowest BCUT2D eigenvalue weighted by atomic mass is 10.2. The highest BCUT2D eigenvalue weighted by Crippen LogP contribution is 2.17. The monoisotopic (exact) mass is 427 g/mol. The van der Waals surface area contributed by atoms with Gasteiger partial charge in [-0.25, -0.2) is 9.97 Å². The molecule has 0 bridgehead atoms. The van der Waals surface area contributed by atoms with Crippen LogP contribution in [-0.4, -0.2) is 22.4 Å². The molecule has 3 rings (SSSR count). The second kappa shape index (κ2) is 10.9. The first kappa shape index (κ1) is 21.2. The molecule has 1 aromatic carbocycles. The van der Waals surface area contributed by atoms with E-state index in [1.54, 1.807) is 34.8 Å². The molecule has 0 aliphatic rings. The average molecular weight is 428 g/mol. The first-order valence-corrected chi connectivity index (χ1v) is 11.4. The van der Waals surface area contributed by atoms with Crippen molar-refractivity contribution < 1.29 is 9.53 Å². The highest BCUT2D eigenvalue weighted by molar-refractivity contribution is 7.09. The predicted molar refractivity (Wildman–Crippen MR) is 119 cm³/mol. The number of nitrogens with one attached hydrogen (secondary N) is 1. The van der Waals surface area contributed by atoms with Crippen molar-refractivity contribution in [1.29, 1.82) is 0 Å². The fourth-order valence-electron chi connectivity index (χ4n) is 2.70. The van der Waals surface area contributed by atoms with Crippen molar-refractivity contribution in [1.82, 2.24) is 15.3 Å². The van der Waals surface area contributed by atoms with Crippen molar-refractivity contribution >= 4 is 34.7 Å². The maximum atomic E-state index is 12.0. The smallest absolute Gasteiger partial charge is 0.243 e. The van der Waals surface area contributed by atoms with Crippen LogP contribution in [0.2, 0.25) is 0 Å². The Morgan fingerprint density at radius 3 is 2.83 bits per heavy atom. The third kappa shape index (κ3) is 7.44. The molecule has 0 spiro atoms. The van der Waals surface area contributed by atoms with Crippen LogP contribution < -0.4 is 10.1 Å². The zero-order valence-electron chi connectivity index (χ0n) is 16.7. The summed E-state index contributed by atoms with van der Waals surface area (Å²) in [5.74, 6) is 0.676. The van der Waals surface area contributed by atoms with Gasteiger partial charge in [-0.2, -0.15) is 0 Å². The molecule has 0 radical (unpaired) electrons. The number of hydrogen-bond acceptors (Lipinski definition) is 6. The SMILES string of the molecule is Cc1csc(CCCCNC(=O)/C=C/c2cccc(OCc3csc(C)n3)c2)n1. The number of hydrogen-bond donors (Lipinski definition) is 1. The molecule has 0 aliphatic carbocycles. The van der Waals surface area contributed by atoms with E-state index in [0.29, 0.717) is 13.2 Å². The van der Waals surface area contributed by atoms with E-state index < -0.39 is 0 Å². The molecule has 29 heavy (non-hydrogen) atoms. The van der Waals surface area contributed by atoms with Crippen LogP contribution in [0.5, 0.6) is 5.75 Å². The van der Waals surface area contributed by atoms with Gasteiger partial charge < -0.3 is 10.1 Å². The number of aryl methyl sites for hydroxylation is 3. The van der Waals surface area contributed by atoms with Gasteiger partial charge in [0.1, 0.15) is 12.4 Å². The minimum atomic E-state index is -0.0839. The van der Waals surface area contributed by atoms with Gasteiger partial charge in [0.2, 0.25) is 5.91 Å². The molecule has 0 unspecified atom stereocenters. The zero-order valence-corrected chi connectivity index (χ0v) is 18.3. The number of nitrogens with zero attached hydrogens (tertiary/aromatic N) is 2. The number of unbranched alkanes of at least 4 members (excludes halogenated alkanes) is 1. The Labute approximate surface area is 179 Å². The van der Waals surface area contributed by atoms with Crippen molar-refractivity contribution in [3.8, 4) is 5.75 Å². The fourth-order valence-corrected chi connectivity index (χ4v) is 4.12. The minimum absolute atomic E-state index is 0.0839. The van der Waals surface area contributed by atoms with E-state index >= 15 is 0 Å². The Morgan fingerprint density at radius 1 is 1.17 bits per heavy atom. The number of ether oxygens (including phenoxy) is 1. The molecule has 5 nitrogen and oxygen atoms in total. The van der Waals surface area contributed by atoms with Crippen molar-refractivity contribution in [2.45, 2.75) is 39.7 Å². The van der Waals surface area contributed by atoms with Gasteiger partial charge in [0.05, 0.1) is 15.7 Å². The first-order valence-electron chi connectivity index (χ1n) is 9.59. The molecule has 3 aromatic rings. The lowest BCUT2D eigenvalue weighted by Crippen LogP contribution is -2.22. The van der Waals surface area contributed by atoms with Gasteiger partial charge >= 0.3 is 0 Å². The molecule has 2 heterocycles. The maximum absolute atomic E-state index is 12.0. The number of thiazole rings is 2. The summed E-state index contributed by atoms with van der Waals surface area (Å²) in [5.41, 5.74) is 2.93. The molecule has 0 saturated carbocycles. The number of benzene rings is 1. The Kier molecular flexibility index (Phi) is 7.95. The maximum Gasteiger partial charge on any atom is 0.243 e. The van der Waals surface area contributed by atoms with E-state index in [2.05, 4.69) is 20.7 Å². The van der Waals surface area contributed by atoms with Gasteiger partial charge in [0.15, 0.2) is 0 Å². The van der Waals surface area contributed by atoms with Gasteiger partial charge in [-0.05, 0) is 56.9 Å². The molecule has 1 amide bonds. The summed E-state index contributed by atoms with van der Waals surface area (Å²) in [6, 6.07) is 7.68. The van der Waals surface area contributed by atoms with Crippen molar-refractivity contribution in [2.75, 3.05) is 6.54 Å². The molecule has 152 valence electrons. The predicted octanol–water partition coefficient (Wildman–Crippen LogP) is 4.95. The van der Waals surface area contributed by atoms with E-state index in [9.17, 15) is 4.79 Å². The summed E-state index contributed by atoms with van der Waals surface area (Å²) in [6.45, 7) is 5.10. The highest BCUT2D eigenvalue weighted by atomic mass is 32.1. The standard InChI is InChI=1S/C22H25N3O2S2/c1-16-14-29-22(24-16)8-3-4-11-23-21(26)10-9-18-6-5-7-20(12-18)27-13-19-15-28-17(2)25-19/h5-7,9-10,12,14-15H,3-4,8,11,13H2,1-2H3,(H,23,26)/b10-9+. The Morgan fingerprint density at radius 2 is 2.07 bits per heavy atom. The van der Waals surface area contributed by atoms with Crippen LogP contribution in [0.15, 0.2) is 41.1 Å². The topological polar surface area (TPSA) is 64.1 Å². The highest BCUT2D eigenvalue weighted by Gasteiger charge is 2.02. The fraction of sp³-hybridized carbons (Fsp3) is 0.318. The van der Waals surface area contributed by atoms with Crippen molar-refractivity contribution in [3.05, 3.63) is 68.1 Å². The van der Waals surface area contributed by atoms with Crippen LogP contribution >= 0.6 is 22.7 Å². The Balaban J connectivity index is 1.37. The van der Waals surface area contributed by atoms with E-state index in [4.69, 9.17) is 4.74 Å². The second-order valence-electron chi connectivity index (χ2n) is 6.68. The van der Waals surface area contributed by atoms with E-state index in [1.807, 2.05) is 43.5 Å². The quantitative estimate of drug-likeness (QED) is 0.367. The summed E-state index contributed by atoms with van der Waals surface area (Å²) in [7, 11) is 0. The molecule has 0 atom stereocenters. The number of carbonyl (C=O) groups excluding carboxylic acids is 1. The molecule has 0 saturated heterocycles. The van der Waals surface area contributed by atoms with Crippen LogP contribution in [0.3, 0.4) is 0 Å². The van der Waals surface area contributed by atoms with Crippen LogP contribution in [0, 0.1) is 13.8 Å². The van der Waals surface area contributed by atoms with Crippen LogP contribution in [0.4, 0.5) is 0 Å². The third-order valence-electron chi connectivity index (χ3n) is 4.12. The van der Waals surface area contributed by atoms with E-state index in [0.717, 1.165) is 47.0 Å². The molecule has 1 N–H and O–H groups in total. The van der Waals surface area contributed by atoms with Gasteiger partial charge in [0, 0.05) is 29.1 Å². The summed E-state index contributed by atoms with van der Waals surface area (Å²) < 4.78 is 5.79. The lowest BCUT2D eigenvalue weighted by molar-refractivity contribution is -0.116. The number of carbonyl (C=O) groups is 1. The molecular formula is C22H25N3O2S2. The number of aromatic nitrogens is 2. The molecular weight excluding hydrogens is 402 g/mol. The van der Waals surface area contributed by atoms with Crippen LogP contribution in [0.25, 0.3) is 6.08 Å². The summed E-state index contributed by atoms with van der Waals surface area (Å²) in [5, 5.41) is 9.20. The second-order valence-corrected chi connectivity index (χ2v) is 8.69. The Hall–Kier alpha value is -2.51. The van der Waals surface area contributed by atoms with Crippen molar-refractivity contribution in [3.63, 3.8) is 0 Å². The van der Waals surface area contributed by atoms with Crippen LogP contribution in [-0.2, 0) is 17.8 Å². The summed E-state index contributed by atoms with van der Waals surface area (Å²) in [4.78, 5) is 20.8. The zero-order chi connectivity index (χ0) is 20.5. The average Bonchev–Trinajstić information content (AvgIpc) is 3.32. The molecule has 7 heteroatoms. The van der Waals surface area contributed by atoms with Gasteiger partial charge in [-0.1, -0.05) is 12.1 Å². The van der Waals surface area contributed by atoms with Gasteiger partial charge in [0.25, 0.3) is 0 Å². The minimum Gasteiger partial charge on any atom is -0.487 e. The van der Waals surface area contributed by atoms with Gasteiger partial charge in [-0.15, -0.1) is 22.7 Å². The number of amides is 1. The van der Waals surface area contributed by atoms with Crippen molar-refractivity contribution in [2.24, 2.45) is 0 Å². The Bertz CT molecular complexity index is 962. The summed E-state index contributed by atoms with van der Waals surface area (Å²) in [6.07, 6.45) is 6.30. The van der Waals surface area contributed by atoms with E-state index in [-0.39, 0.29) is 5.91 Å². The van der Waals surface area contributed by atoms with E-state index in [1.165, 1.54) is 5.01 Å². The van der Waals surface area contributed by atoms with Gasteiger partial charge in [-0.3, -0.25) is 4.79 Å². The normalized spacial score (nSPS) is 11.1. The largest absolute Gasteiger partial charge is 0.487 e.